The average Bonchev–Trinajstić information content (AvgIpc) is 2.30. The van der Waals surface area contributed by atoms with Crippen molar-refractivity contribution in [2.45, 2.75) is 37.6 Å². The molecule has 0 radical (unpaired) electrons. The minimum absolute atomic E-state index is 0. The summed E-state index contributed by atoms with van der Waals surface area (Å²) in [5.41, 5.74) is 4.37. The first-order valence-corrected chi connectivity index (χ1v) is 5.41. The molecule has 1 saturated carbocycles. The van der Waals surface area contributed by atoms with Gasteiger partial charge in [-0.1, -0.05) is 36.8 Å². The predicted molar refractivity (Wildman–Crippen MR) is 66.0 cm³/mol. The van der Waals surface area contributed by atoms with Gasteiger partial charge in [-0.3, -0.25) is 11.3 Å². The minimum atomic E-state index is 0. The first kappa shape index (κ1) is 12.5. The van der Waals surface area contributed by atoms with E-state index in [0.717, 1.165) is 0 Å². The van der Waals surface area contributed by atoms with Crippen LogP contribution in [0.5, 0.6) is 0 Å². The van der Waals surface area contributed by atoms with E-state index in [0.29, 0.717) is 12.0 Å². The van der Waals surface area contributed by atoms with Crippen LogP contribution in [0.2, 0.25) is 0 Å². The maximum Gasteiger partial charge on any atom is 0.0216 e. The van der Waals surface area contributed by atoms with Crippen molar-refractivity contribution in [1.82, 2.24) is 5.43 Å². The monoisotopic (exact) mass is 226 g/mol. The minimum Gasteiger partial charge on any atom is -0.271 e. The van der Waals surface area contributed by atoms with E-state index in [4.69, 9.17) is 5.84 Å². The first-order chi connectivity index (χ1) is 6.90. The lowest BCUT2D eigenvalue weighted by Gasteiger charge is -2.28. The van der Waals surface area contributed by atoms with E-state index in [-0.39, 0.29) is 12.4 Å². The first-order valence-electron chi connectivity index (χ1n) is 5.41. The standard InChI is InChI=1S/C12H18N2.ClH/c13-14-12-8-4-7-11(9-12)10-5-2-1-3-6-10;/h1-3,5-6,11-12,14H,4,7-9,13H2;1H. The van der Waals surface area contributed by atoms with E-state index in [2.05, 4.69) is 35.8 Å². The van der Waals surface area contributed by atoms with E-state index in [9.17, 15) is 0 Å². The van der Waals surface area contributed by atoms with E-state index >= 15 is 0 Å². The van der Waals surface area contributed by atoms with Crippen LogP contribution in [0.15, 0.2) is 30.3 Å². The smallest absolute Gasteiger partial charge is 0.0216 e. The third kappa shape index (κ3) is 3.20. The van der Waals surface area contributed by atoms with Crippen molar-refractivity contribution >= 4 is 12.4 Å². The van der Waals surface area contributed by atoms with Crippen LogP contribution in [0.3, 0.4) is 0 Å². The van der Waals surface area contributed by atoms with Gasteiger partial charge in [0.15, 0.2) is 0 Å². The molecule has 0 heterocycles. The molecule has 1 aliphatic rings. The van der Waals surface area contributed by atoms with Gasteiger partial charge in [-0.25, -0.2) is 0 Å². The highest BCUT2D eigenvalue weighted by Crippen LogP contribution is 2.32. The maximum atomic E-state index is 5.49. The van der Waals surface area contributed by atoms with E-state index < -0.39 is 0 Å². The number of hydrazine groups is 1. The molecule has 0 bridgehead atoms. The van der Waals surface area contributed by atoms with Crippen LogP contribution in [0.25, 0.3) is 0 Å². The van der Waals surface area contributed by atoms with Crippen LogP contribution in [0.4, 0.5) is 0 Å². The quantitative estimate of drug-likeness (QED) is 0.601. The fourth-order valence-electron chi connectivity index (χ4n) is 2.37. The molecule has 2 rings (SSSR count). The summed E-state index contributed by atoms with van der Waals surface area (Å²) in [5.74, 6) is 6.19. The number of benzene rings is 1. The lowest BCUT2D eigenvalue weighted by Crippen LogP contribution is -2.38. The molecule has 2 nitrogen and oxygen atoms in total. The third-order valence-electron chi connectivity index (χ3n) is 3.18. The van der Waals surface area contributed by atoms with Gasteiger partial charge in [0.05, 0.1) is 0 Å². The van der Waals surface area contributed by atoms with Gasteiger partial charge < -0.3 is 0 Å². The molecule has 0 saturated heterocycles. The Hall–Kier alpha value is -0.570. The van der Waals surface area contributed by atoms with Crippen molar-refractivity contribution in [3.63, 3.8) is 0 Å². The number of hydrogen-bond acceptors (Lipinski definition) is 2. The Kier molecular flexibility index (Phi) is 5.09. The van der Waals surface area contributed by atoms with Gasteiger partial charge >= 0.3 is 0 Å². The Morgan fingerprint density at radius 3 is 2.53 bits per heavy atom. The summed E-state index contributed by atoms with van der Waals surface area (Å²) >= 11 is 0. The van der Waals surface area contributed by atoms with E-state index in [1.807, 2.05) is 0 Å². The number of nitrogens with one attached hydrogen (secondary N) is 1. The number of rotatable bonds is 2. The highest BCUT2D eigenvalue weighted by atomic mass is 35.5. The third-order valence-corrected chi connectivity index (χ3v) is 3.18. The second kappa shape index (κ2) is 6.11. The van der Waals surface area contributed by atoms with Crippen LogP contribution in [-0.2, 0) is 0 Å². The summed E-state index contributed by atoms with van der Waals surface area (Å²) in [7, 11) is 0. The van der Waals surface area contributed by atoms with Gasteiger partial charge in [0.1, 0.15) is 0 Å². The summed E-state index contributed by atoms with van der Waals surface area (Å²) in [4.78, 5) is 0. The Bertz CT molecular complexity index is 276. The zero-order valence-electron chi connectivity index (χ0n) is 8.86. The van der Waals surface area contributed by atoms with Gasteiger partial charge in [-0.05, 0) is 30.7 Å². The Balaban J connectivity index is 0.00000112. The van der Waals surface area contributed by atoms with E-state index in [1.54, 1.807) is 0 Å². The van der Waals surface area contributed by atoms with Crippen molar-refractivity contribution in [1.29, 1.82) is 0 Å². The number of nitrogens with two attached hydrogens (primary N) is 1. The van der Waals surface area contributed by atoms with Crippen LogP contribution in [0, 0.1) is 0 Å². The number of halogens is 1. The molecule has 1 aromatic rings. The molecule has 2 atom stereocenters. The Morgan fingerprint density at radius 2 is 1.87 bits per heavy atom. The van der Waals surface area contributed by atoms with Gasteiger partial charge in [0.25, 0.3) is 0 Å². The summed E-state index contributed by atoms with van der Waals surface area (Å²) < 4.78 is 0. The predicted octanol–water partition coefficient (Wildman–Crippen LogP) is 2.60. The second-order valence-corrected chi connectivity index (χ2v) is 4.14. The molecule has 1 fully saturated rings. The van der Waals surface area contributed by atoms with Crippen molar-refractivity contribution in [3.05, 3.63) is 35.9 Å². The fraction of sp³-hybridized carbons (Fsp3) is 0.500. The largest absolute Gasteiger partial charge is 0.271 e. The van der Waals surface area contributed by atoms with Crippen LogP contribution >= 0.6 is 12.4 Å². The van der Waals surface area contributed by atoms with Gasteiger partial charge in [-0.2, -0.15) is 0 Å². The van der Waals surface area contributed by atoms with Crippen molar-refractivity contribution in [2.75, 3.05) is 0 Å². The molecule has 0 aliphatic heterocycles. The van der Waals surface area contributed by atoms with Gasteiger partial charge in [0, 0.05) is 6.04 Å². The highest BCUT2D eigenvalue weighted by molar-refractivity contribution is 5.85. The highest BCUT2D eigenvalue weighted by Gasteiger charge is 2.21. The summed E-state index contributed by atoms with van der Waals surface area (Å²) in [6.07, 6.45) is 5.00. The second-order valence-electron chi connectivity index (χ2n) is 4.14. The average molecular weight is 227 g/mol. The van der Waals surface area contributed by atoms with E-state index in [1.165, 1.54) is 31.2 Å². The molecule has 2 unspecified atom stereocenters. The topological polar surface area (TPSA) is 38.0 Å². The molecule has 1 aromatic carbocycles. The van der Waals surface area contributed by atoms with Crippen molar-refractivity contribution in [3.8, 4) is 0 Å². The normalized spacial score (nSPS) is 25.7. The van der Waals surface area contributed by atoms with Crippen molar-refractivity contribution < 1.29 is 0 Å². The van der Waals surface area contributed by atoms with Gasteiger partial charge in [-0.15, -0.1) is 12.4 Å². The summed E-state index contributed by atoms with van der Waals surface area (Å²) in [5, 5.41) is 0. The zero-order valence-corrected chi connectivity index (χ0v) is 9.67. The Labute approximate surface area is 97.6 Å². The van der Waals surface area contributed by atoms with Crippen molar-refractivity contribution in [2.24, 2.45) is 5.84 Å². The maximum absolute atomic E-state index is 5.49. The summed E-state index contributed by atoms with van der Waals surface area (Å²) in [6, 6.07) is 11.3. The molecule has 3 N–H and O–H groups in total. The van der Waals surface area contributed by atoms with Crippen LogP contribution in [0.1, 0.15) is 37.2 Å². The SMILES string of the molecule is Cl.NNC1CCCC(c2ccccc2)C1. The molecular formula is C12H19ClN2. The Morgan fingerprint density at radius 1 is 1.13 bits per heavy atom. The molecule has 0 spiro atoms. The fourth-order valence-corrected chi connectivity index (χ4v) is 2.37. The zero-order chi connectivity index (χ0) is 9.80. The molecule has 15 heavy (non-hydrogen) atoms. The summed E-state index contributed by atoms with van der Waals surface area (Å²) in [6.45, 7) is 0. The molecular weight excluding hydrogens is 208 g/mol. The van der Waals surface area contributed by atoms with Gasteiger partial charge in [0.2, 0.25) is 0 Å². The lowest BCUT2D eigenvalue weighted by atomic mass is 9.82. The molecule has 0 aromatic heterocycles. The lowest BCUT2D eigenvalue weighted by molar-refractivity contribution is 0.343. The molecule has 84 valence electrons. The van der Waals surface area contributed by atoms with Crippen LogP contribution in [-0.4, -0.2) is 6.04 Å². The number of hydrogen-bond donors (Lipinski definition) is 2. The van der Waals surface area contributed by atoms with Crippen LogP contribution < -0.4 is 11.3 Å². The molecule has 3 heteroatoms. The molecule has 0 amide bonds. The molecule has 1 aliphatic carbocycles.